The Labute approximate surface area is 153 Å². The number of likely N-dealkylation sites (tertiary alicyclic amines) is 1. The summed E-state index contributed by atoms with van der Waals surface area (Å²) in [5, 5.41) is 0. The Balaban J connectivity index is 1.82. The number of carbonyl (C=O) groups is 1. The second-order valence-corrected chi connectivity index (χ2v) is 6.43. The van der Waals surface area contributed by atoms with Crippen LogP contribution in [-0.4, -0.2) is 41.0 Å². The van der Waals surface area contributed by atoms with E-state index < -0.39 is 0 Å². The van der Waals surface area contributed by atoms with Crippen LogP contribution in [0.4, 0.5) is 0 Å². The third kappa shape index (κ3) is 4.49. The van der Waals surface area contributed by atoms with Crippen molar-refractivity contribution in [2.75, 3.05) is 20.2 Å². The molecule has 1 fully saturated rings. The molecule has 7 heteroatoms. The van der Waals surface area contributed by atoms with Crippen LogP contribution in [0, 0.1) is 6.92 Å². The molecule has 1 aromatic heterocycles. The molecule has 26 heavy (non-hydrogen) atoms. The molecule has 1 atom stereocenters. The number of nitrogens with two attached hydrogens (primary N) is 1. The highest BCUT2D eigenvalue weighted by molar-refractivity contribution is 5.76. The highest BCUT2D eigenvalue weighted by Gasteiger charge is 2.27. The molecule has 1 aliphatic heterocycles. The predicted octanol–water partition coefficient (Wildman–Crippen LogP) is 2.60. The lowest BCUT2D eigenvalue weighted by Gasteiger charge is -2.33. The molecule has 1 amide bonds. The molecule has 0 radical (unpaired) electrons. The highest BCUT2D eigenvalue weighted by Crippen LogP contribution is 2.30. The number of aromatic nitrogens is 2. The van der Waals surface area contributed by atoms with Crippen LogP contribution in [0.25, 0.3) is 0 Å². The minimum Gasteiger partial charge on any atom is -0.497 e. The molecule has 1 aliphatic rings. The van der Waals surface area contributed by atoms with Gasteiger partial charge >= 0.3 is 0 Å². The first-order valence-electron chi connectivity index (χ1n) is 8.75. The first-order chi connectivity index (χ1) is 12.5. The minimum atomic E-state index is -0.334. The topological polar surface area (TPSA) is 90.6 Å². The fourth-order valence-electron chi connectivity index (χ4n) is 3.20. The lowest BCUT2D eigenvalue weighted by atomic mass is 10.0. The number of amides is 1. The van der Waals surface area contributed by atoms with Crippen LogP contribution in [0.15, 0.2) is 30.3 Å². The molecule has 0 spiro atoms. The molecule has 2 N–H and O–H groups in total. The van der Waals surface area contributed by atoms with Crippen molar-refractivity contribution in [1.29, 1.82) is 0 Å². The summed E-state index contributed by atoms with van der Waals surface area (Å²) in [6.07, 6.45) is 3.02. The highest BCUT2D eigenvalue weighted by atomic mass is 16.5. The molecule has 7 nitrogen and oxygen atoms in total. The lowest BCUT2D eigenvalue weighted by Crippen LogP contribution is -2.40. The lowest BCUT2D eigenvalue weighted by molar-refractivity contribution is -0.120. The number of methoxy groups -OCH3 is 1. The van der Waals surface area contributed by atoms with E-state index in [-0.39, 0.29) is 18.5 Å². The van der Waals surface area contributed by atoms with Crippen molar-refractivity contribution in [2.24, 2.45) is 5.73 Å². The largest absolute Gasteiger partial charge is 0.497 e. The van der Waals surface area contributed by atoms with Gasteiger partial charge in [0.2, 0.25) is 11.8 Å². The summed E-state index contributed by atoms with van der Waals surface area (Å²) in [5.41, 5.74) is 6.22. The SMILES string of the molecule is COc1ccc(Oc2cc(C)nc([C@H]3CCCCN3CC(N)=O)n2)cc1. The van der Waals surface area contributed by atoms with Gasteiger partial charge in [0.1, 0.15) is 17.3 Å². The van der Waals surface area contributed by atoms with Crippen LogP contribution in [0.3, 0.4) is 0 Å². The Bertz CT molecular complexity index is 764. The molecule has 3 rings (SSSR count). The van der Waals surface area contributed by atoms with Crippen LogP contribution in [0.2, 0.25) is 0 Å². The zero-order chi connectivity index (χ0) is 18.5. The number of nitrogens with zero attached hydrogens (tertiary/aromatic N) is 3. The van der Waals surface area contributed by atoms with Crippen molar-refractivity contribution in [3.63, 3.8) is 0 Å². The van der Waals surface area contributed by atoms with Gasteiger partial charge in [-0.1, -0.05) is 6.42 Å². The van der Waals surface area contributed by atoms with Crippen molar-refractivity contribution in [1.82, 2.24) is 14.9 Å². The molecular formula is C19H24N4O3. The summed E-state index contributed by atoms with van der Waals surface area (Å²) < 4.78 is 11.0. The zero-order valence-electron chi connectivity index (χ0n) is 15.1. The Kier molecular flexibility index (Phi) is 5.68. The second-order valence-electron chi connectivity index (χ2n) is 6.43. The fraction of sp³-hybridized carbons (Fsp3) is 0.421. The maximum atomic E-state index is 11.4. The maximum absolute atomic E-state index is 11.4. The monoisotopic (exact) mass is 356 g/mol. The van der Waals surface area contributed by atoms with Crippen molar-refractivity contribution < 1.29 is 14.3 Å². The van der Waals surface area contributed by atoms with E-state index in [2.05, 4.69) is 14.9 Å². The average Bonchev–Trinajstić information content (AvgIpc) is 2.62. The first kappa shape index (κ1) is 18.1. The summed E-state index contributed by atoms with van der Waals surface area (Å²) in [4.78, 5) is 22.6. The van der Waals surface area contributed by atoms with E-state index in [1.807, 2.05) is 31.2 Å². The fourth-order valence-corrected chi connectivity index (χ4v) is 3.20. The molecule has 1 aromatic carbocycles. The van der Waals surface area contributed by atoms with E-state index in [0.717, 1.165) is 37.3 Å². The predicted molar refractivity (Wildman–Crippen MR) is 97.2 cm³/mol. The summed E-state index contributed by atoms with van der Waals surface area (Å²) in [6.45, 7) is 2.95. The first-order valence-corrected chi connectivity index (χ1v) is 8.75. The average molecular weight is 356 g/mol. The van der Waals surface area contributed by atoms with Crippen LogP contribution >= 0.6 is 0 Å². The van der Waals surface area contributed by atoms with Gasteiger partial charge in [-0.25, -0.2) is 4.98 Å². The number of carbonyl (C=O) groups excluding carboxylic acids is 1. The van der Waals surface area contributed by atoms with Crippen LogP contribution in [0.1, 0.15) is 36.8 Å². The number of aryl methyl sites for hydroxylation is 1. The number of ether oxygens (including phenoxy) is 2. The molecule has 138 valence electrons. The smallest absolute Gasteiger partial charge is 0.231 e. The normalized spacial score (nSPS) is 17.7. The Morgan fingerprint density at radius 3 is 2.65 bits per heavy atom. The standard InChI is InChI=1S/C19H24N4O3/c1-13-11-18(26-15-8-6-14(25-2)7-9-15)22-19(21-13)16-5-3-4-10-23(16)12-17(20)24/h6-9,11,16H,3-5,10,12H2,1-2H3,(H2,20,24)/t16-/m1/s1. The van der Waals surface area contributed by atoms with Gasteiger partial charge in [-0.3, -0.25) is 9.69 Å². The summed E-state index contributed by atoms with van der Waals surface area (Å²) in [6, 6.07) is 9.11. The third-order valence-corrected chi connectivity index (χ3v) is 4.40. The van der Waals surface area contributed by atoms with Crippen molar-refractivity contribution in [2.45, 2.75) is 32.2 Å². The summed E-state index contributed by atoms with van der Waals surface area (Å²) in [7, 11) is 1.62. The van der Waals surface area contributed by atoms with E-state index in [4.69, 9.17) is 15.2 Å². The van der Waals surface area contributed by atoms with Gasteiger partial charge in [0.25, 0.3) is 0 Å². The molecule has 0 unspecified atom stereocenters. The maximum Gasteiger partial charge on any atom is 0.231 e. The molecule has 0 aliphatic carbocycles. The molecule has 0 bridgehead atoms. The van der Waals surface area contributed by atoms with E-state index in [0.29, 0.717) is 17.5 Å². The molecule has 2 heterocycles. The summed E-state index contributed by atoms with van der Waals surface area (Å²) >= 11 is 0. The van der Waals surface area contributed by atoms with Crippen molar-refractivity contribution >= 4 is 5.91 Å². The van der Waals surface area contributed by atoms with E-state index in [1.54, 1.807) is 13.2 Å². The van der Waals surface area contributed by atoms with Crippen molar-refractivity contribution in [3.8, 4) is 17.4 Å². The summed E-state index contributed by atoms with van der Waals surface area (Å²) in [5.74, 6) is 2.27. The number of rotatable bonds is 6. The Hall–Kier alpha value is -2.67. The number of benzene rings is 1. The van der Waals surface area contributed by atoms with Gasteiger partial charge in [0.05, 0.1) is 19.7 Å². The minimum absolute atomic E-state index is 0.0191. The number of hydrogen-bond acceptors (Lipinski definition) is 6. The second kappa shape index (κ2) is 8.14. The van der Waals surface area contributed by atoms with E-state index in [1.165, 1.54) is 0 Å². The number of primary amides is 1. The molecular weight excluding hydrogens is 332 g/mol. The van der Waals surface area contributed by atoms with E-state index in [9.17, 15) is 4.79 Å². The van der Waals surface area contributed by atoms with Crippen LogP contribution in [-0.2, 0) is 4.79 Å². The molecule has 2 aromatic rings. The Morgan fingerprint density at radius 2 is 1.96 bits per heavy atom. The van der Waals surface area contributed by atoms with Crippen LogP contribution < -0.4 is 15.2 Å². The van der Waals surface area contributed by atoms with Gasteiger partial charge in [-0.15, -0.1) is 0 Å². The van der Waals surface area contributed by atoms with Gasteiger partial charge in [0, 0.05) is 11.8 Å². The van der Waals surface area contributed by atoms with Gasteiger partial charge < -0.3 is 15.2 Å². The number of hydrogen-bond donors (Lipinski definition) is 1. The number of piperidine rings is 1. The van der Waals surface area contributed by atoms with Gasteiger partial charge in [0.15, 0.2) is 0 Å². The third-order valence-electron chi connectivity index (χ3n) is 4.40. The zero-order valence-corrected chi connectivity index (χ0v) is 15.1. The molecule has 1 saturated heterocycles. The Morgan fingerprint density at radius 1 is 1.23 bits per heavy atom. The van der Waals surface area contributed by atoms with Crippen molar-refractivity contribution in [3.05, 3.63) is 41.9 Å². The quantitative estimate of drug-likeness (QED) is 0.855. The van der Waals surface area contributed by atoms with Gasteiger partial charge in [-0.2, -0.15) is 4.98 Å². The van der Waals surface area contributed by atoms with E-state index >= 15 is 0 Å². The van der Waals surface area contributed by atoms with Gasteiger partial charge in [-0.05, 0) is 50.6 Å². The van der Waals surface area contributed by atoms with Crippen LogP contribution in [0.5, 0.6) is 17.4 Å². The molecule has 0 saturated carbocycles.